The fourth-order valence-electron chi connectivity index (χ4n) is 6.06. The number of nitrogens with one attached hydrogen (secondary N) is 3. The number of carbonyl (C=O) groups excluding carboxylic acids is 3. The van der Waals surface area contributed by atoms with E-state index < -0.39 is 117 Å². The van der Waals surface area contributed by atoms with Crippen LogP contribution in [-0.2, 0) is 42.8 Å². The Balaban J connectivity index is 1.89. The van der Waals surface area contributed by atoms with E-state index in [4.69, 9.17) is 28.4 Å². The lowest BCUT2D eigenvalue weighted by molar-refractivity contribution is -0.365. The van der Waals surface area contributed by atoms with Crippen LogP contribution in [0.4, 0.5) is 0 Å². The Morgan fingerprint density at radius 1 is 0.660 bits per heavy atom. The number of amides is 3. The van der Waals surface area contributed by atoms with Crippen LogP contribution in [0, 0.1) is 0 Å². The van der Waals surface area contributed by atoms with E-state index in [1.807, 2.05) is 0 Å². The summed E-state index contributed by atoms with van der Waals surface area (Å²) in [6.07, 6.45) is -16.0. The van der Waals surface area contributed by atoms with E-state index in [1.54, 1.807) is 6.92 Å². The normalized spacial score (nSPS) is 39.1. The quantitative estimate of drug-likeness (QED) is 0.0637. The van der Waals surface area contributed by atoms with Crippen LogP contribution >= 0.6 is 0 Å². The molecule has 3 amide bonds. The van der Waals surface area contributed by atoms with Gasteiger partial charge >= 0.3 is 0 Å². The van der Waals surface area contributed by atoms with Gasteiger partial charge in [0.1, 0.15) is 67.0 Å². The maximum atomic E-state index is 12.5. The second-order valence-electron chi connectivity index (χ2n) is 12.8. The summed E-state index contributed by atoms with van der Waals surface area (Å²) >= 11 is 0. The third-order valence-corrected chi connectivity index (χ3v) is 8.83. The molecule has 0 aliphatic carbocycles. The first-order chi connectivity index (χ1) is 23.7. The summed E-state index contributed by atoms with van der Waals surface area (Å²) in [5.74, 6) is -1.21. The van der Waals surface area contributed by atoms with Crippen LogP contribution in [0.3, 0.4) is 0 Å². The lowest BCUT2D eigenvalue weighted by Crippen LogP contribution is -2.70. The van der Waals surface area contributed by atoms with Gasteiger partial charge in [-0.2, -0.15) is 0 Å². The number of ether oxygens (including phenoxy) is 6. The second kappa shape index (κ2) is 20.2. The first-order valence-electron chi connectivity index (χ1n) is 17.1. The Bertz CT molecular complexity index is 1070. The molecule has 3 heterocycles. The van der Waals surface area contributed by atoms with Crippen molar-refractivity contribution in [2.24, 2.45) is 0 Å². The van der Waals surface area contributed by atoms with E-state index in [1.165, 1.54) is 13.8 Å². The predicted octanol–water partition coefficient (Wildman–Crippen LogP) is -4.15. The van der Waals surface area contributed by atoms with Gasteiger partial charge in [0.15, 0.2) is 18.9 Å². The molecule has 0 aromatic heterocycles. The number of hydrogen-bond acceptors (Lipinski definition) is 16. The highest BCUT2D eigenvalue weighted by molar-refractivity contribution is 5.75. The summed E-state index contributed by atoms with van der Waals surface area (Å²) in [7, 11) is 0. The Morgan fingerprint density at radius 3 is 1.88 bits per heavy atom. The summed E-state index contributed by atoms with van der Waals surface area (Å²) in [6.45, 7) is 4.80. The highest BCUT2D eigenvalue weighted by Crippen LogP contribution is 2.34. The predicted molar refractivity (Wildman–Crippen MR) is 169 cm³/mol. The van der Waals surface area contributed by atoms with Gasteiger partial charge in [-0.1, -0.05) is 19.8 Å². The Morgan fingerprint density at radius 2 is 1.26 bits per heavy atom. The van der Waals surface area contributed by atoms with Crippen LogP contribution in [0.15, 0.2) is 0 Å². The Labute approximate surface area is 290 Å². The Hall–Kier alpha value is -2.11. The molecular formula is C31H55N3O16. The molecule has 19 heteroatoms. The molecule has 10 N–H and O–H groups in total. The van der Waals surface area contributed by atoms with Crippen molar-refractivity contribution >= 4 is 17.7 Å². The average Bonchev–Trinajstić information content (AvgIpc) is 3.08. The van der Waals surface area contributed by atoms with E-state index in [0.717, 1.165) is 26.2 Å². The zero-order chi connectivity index (χ0) is 37.1. The van der Waals surface area contributed by atoms with E-state index in [0.29, 0.717) is 19.4 Å². The third-order valence-electron chi connectivity index (χ3n) is 8.83. The van der Waals surface area contributed by atoms with Crippen LogP contribution in [0.25, 0.3) is 0 Å². The standard InChI is InChI=1S/C31H55N3O16/c1-5-19(39)32-10-8-6-7-9-11-45-29-21(34-16(4)38)28(50-31-26(44)25(43)22(40)14(2)46-31)27(18(13-36)48-29)49-30-20(33-15(3)37)24(42)23(41)17(12-35)47-30/h14,17-18,20-31,35-36,40-44H,5-13H2,1-4H3,(H,32,39)(H,33,37)(H,34,38)/t14-,17+,18+,20+,21+,22+,23+,24+,25+,26-,27+,28+,29+,30-,31-/m0/s1. The van der Waals surface area contributed by atoms with E-state index >= 15 is 0 Å². The van der Waals surface area contributed by atoms with E-state index in [2.05, 4.69) is 16.0 Å². The first-order valence-corrected chi connectivity index (χ1v) is 17.1. The van der Waals surface area contributed by atoms with E-state index in [-0.39, 0.29) is 12.5 Å². The molecule has 0 unspecified atom stereocenters. The van der Waals surface area contributed by atoms with Gasteiger partial charge in [0.05, 0.1) is 19.3 Å². The highest BCUT2D eigenvalue weighted by atomic mass is 16.8. The lowest BCUT2D eigenvalue weighted by atomic mass is 9.93. The molecule has 0 bridgehead atoms. The van der Waals surface area contributed by atoms with Crippen molar-refractivity contribution in [3.05, 3.63) is 0 Å². The largest absolute Gasteiger partial charge is 0.394 e. The van der Waals surface area contributed by atoms with Gasteiger partial charge in [-0.15, -0.1) is 0 Å². The number of rotatable bonds is 17. The molecule has 3 saturated heterocycles. The SMILES string of the molecule is CCC(=O)NCCCCCCO[C@@H]1O[C@H](CO)[C@@H](O[C@@H]2O[C@H](CO)[C@@H](O)[C@H](O)[C@H]2NC(C)=O)[C@H](O[C@@H]2O[C@@H](C)[C@@H](O)[C@@H](O)[C@@H]2O)[C@H]1NC(C)=O. The zero-order valence-corrected chi connectivity index (χ0v) is 28.8. The van der Waals surface area contributed by atoms with Gasteiger partial charge in [0, 0.05) is 33.4 Å². The minimum atomic E-state index is -1.79. The van der Waals surface area contributed by atoms with Crippen molar-refractivity contribution in [1.82, 2.24) is 16.0 Å². The van der Waals surface area contributed by atoms with Crippen LogP contribution in [0.5, 0.6) is 0 Å². The monoisotopic (exact) mass is 725 g/mol. The molecule has 50 heavy (non-hydrogen) atoms. The molecule has 0 saturated carbocycles. The molecule has 19 nitrogen and oxygen atoms in total. The number of carbonyl (C=O) groups is 3. The molecule has 15 atom stereocenters. The van der Waals surface area contributed by atoms with Gasteiger partial charge < -0.3 is 80.1 Å². The van der Waals surface area contributed by atoms with Crippen molar-refractivity contribution < 1.29 is 78.6 Å². The van der Waals surface area contributed by atoms with Gasteiger partial charge in [0.2, 0.25) is 17.7 Å². The molecule has 0 radical (unpaired) electrons. The molecule has 3 fully saturated rings. The minimum Gasteiger partial charge on any atom is -0.394 e. The van der Waals surface area contributed by atoms with Gasteiger partial charge in [0.25, 0.3) is 0 Å². The molecule has 0 aromatic carbocycles. The van der Waals surface area contributed by atoms with Crippen LogP contribution < -0.4 is 16.0 Å². The smallest absolute Gasteiger partial charge is 0.219 e. The van der Waals surface area contributed by atoms with Crippen molar-refractivity contribution in [3.8, 4) is 0 Å². The summed E-state index contributed by atoms with van der Waals surface area (Å²) in [4.78, 5) is 36.0. The van der Waals surface area contributed by atoms with Crippen molar-refractivity contribution in [2.75, 3.05) is 26.4 Å². The first kappa shape index (κ1) is 42.3. The summed E-state index contributed by atoms with van der Waals surface area (Å²) in [6, 6.07) is -2.63. The topological polar surface area (TPSA) is 284 Å². The third kappa shape index (κ3) is 11.2. The number of aliphatic hydroxyl groups excluding tert-OH is 7. The fourth-order valence-corrected chi connectivity index (χ4v) is 6.06. The maximum absolute atomic E-state index is 12.5. The molecule has 3 aliphatic heterocycles. The summed E-state index contributed by atoms with van der Waals surface area (Å²) in [5, 5.41) is 81.1. The second-order valence-corrected chi connectivity index (χ2v) is 12.8. The van der Waals surface area contributed by atoms with Crippen molar-refractivity contribution in [1.29, 1.82) is 0 Å². The molecular weight excluding hydrogens is 670 g/mol. The molecule has 0 aromatic rings. The van der Waals surface area contributed by atoms with Crippen molar-refractivity contribution in [2.45, 2.75) is 152 Å². The highest BCUT2D eigenvalue weighted by Gasteiger charge is 2.55. The summed E-state index contributed by atoms with van der Waals surface area (Å²) in [5.41, 5.74) is 0. The number of unbranched alkanes of at least 4 members (excludes halogenated alkanes) is 3. The van der Waals surface area contributed by atoms with Crippen LogP contribution in [0.2, 0.25) is 0 Å². The van der Waals surface area contributed by atoms with Gasteiger partial charge in [-0.05, 0) is 19.8 Å². The van der Waals surface area contributed by atoms with E-state index in [9.17, 15) is 50.1 Å². The van der Waals surface area contributed by atoms with Crippen molar-refractivity contribution in [3.63, 3.8) is 0 Å². The number of aliphatic hydroxyl groups is 7. The summed E-state index contributed by atoms with van der Waals surface area (Å²) < 4.78 is 35.9. The Kier molecular flexibility index (Phi) is 17.1. The minimum absolute atomic E-state index is 0.0294. The average molecular weight is 726 g/mol. The molecule has 0 spiro atoms. The fraction of sp³-hybridized carbons (Fsp3) is 0.903. The molecule has 3 aliphatic rings. The molecule has 290 valence electrons. The van der Waals surface area contributed by atoms with Gasteiger partial charge in [-0.3, -0.25) is 14.4 Å². The maximum Gasteiger partial charge on any atom is 0.219 e. The zero-order valence-electron chi connectivity index (χ0n) is 28.8. The van der Waals surface area contributed by atoms with Crippen LogP contribution in [-0.4, -0.2) is 172 Å². The van der Waals surface area contributed by atoms with Crippen LogP contribution in [0.1, 0.15) is 59.8 Å². The number of hydrogen-bond donors (Lipinski definition) is 10. The molecule has 3 rings (SSSR count). The lowest BCUT2D eigenvalue weighted by Gasteiger charge is -2.50. The van der Waals surface area contributed by atoms with Gasteiger partial charge in [-0.25, -0.2) is 0 Å².